The Bertz CT molecular complexity index is 313. The number of rotatable bonds is 1. The average molecular weight is 316 g/mol. The van der Waals surface area contributed by atoms with Crippen molar-refractivity contribution in [1.29, 1.82) is 0 Å². The van der Waals surface area contributed by atoms with Crippen LogP contribution in [0, 0.1) is 5.92 Å². The highest BCUT2D eigenvalue weighted by Crippen LogP contribution is 2.64. The largest absolute Gasteiger partial charge is 0.328 e. The van der Waals surface area contributed by atoms with Gasteiger partial charge in [0.15, 0.2) is 0 Å². The van der Waals surface area contributed by atoms with Crippen LogP contribution in [0.15, 0.2) is 10.2 Å². The lowest BCUT2D eigenvalue weighted by molar-refractivity contribution is 0.389. The van der Waals surface area contributed by atoms with E-state index in [9.17, 15) is 0 Å². The van der Waals surface area contributed by atoms with Crippen LogP contribution >= 0.6 is 69.6 Å². The van der Waals surface area contributed by atoms with Gasteiger partial charge in [0.2, 0.25) is 4.46 Å². The van der Waals surface area contributed by atoms with Crippen LogP contribution in [0.1, 0.15) is 0 Å². The highest BCUT2D eigenvalue weighted by molar-refractivity contribution is 6.59. The van der Waals surface area contributed by atoms with E-state index in [-0.39, 0.29) is 11.0 Å². The second-order valence-electron chi connectivity index (χ2n) is 3.32. The molecule has 0 spiro atoms. The molecule has 80 valence electrons. The topological polar surface area (TPSA) is 3.24 Å². The van der Waals surface area contributed by atoms with Gasteiger partial charge in [0.05, 0.1) is 5.03 Å². The second-order valence-corrected chi connectivity index (χ2v) is 6.25. The molecule has 0 amide bonds. The smallest absolute Gasteiger partial charge is 0.216 e. The van der Waals surface area contributed by atoms with Crippen LogP contribution in [-0.4, -0.2) is 26.7 Å². The summed E-state index contributed by atoms with van der Waals surface area (Å²) in [6.45, 7) is 0.523. The number of alkyl halides is 4. The fourth-order valence-electron chi connectivity index (χ4n) is 1.84. The first kappa shape index (κ1) is 11.8. The fraction of sp³-hybridized carbons (Fsp3) is 0.714. The minimum absolute atomic E-state index is 0.101. The third-order valence-electron chi connectivity index (χ3n) is 2.67. The first-order chi connectivity index (χ1) is 6.37. The van der Waals surface area contributed by atoms with Gasteiger partial charge < -0.3 is 4.90 Å². The molecule has 1 saturated heterocycles. The van der Waals surface area contributed by atoms with E-state index in [0.29, 0.717) is 17.6 Å². The van der Waals surface area contributed by atoms with Crippen molar-refractivity contribution in [2.24, 2.45) is 5.92 Å². The highest BCUT2D eigenvalue weighted by Gasteiger charge is 2.70. The Kier molecular flexibility index (Phi) is 2.84. The molecule has 0 aromatic rings. The standard InChI is InChI=1S/C7H5Cl6N/c8-1-3-2-14-5(10)4(9)6(3,11)7(14,12)13/h3H,1-2H2. The molecule has 7 heteroatoms. The lowest BCUT2D eigenvalue weighted by Gasteiger charge is -2.30. The van der Waals surface area contributed by atoms with Crippen LogP contribution in [0.25, 0.3) is 0 Å². The molecule has 2 aliphatic heterocycles. The first-order valence-corrected chi connectivity index (χ1v) is 6.26. The van der Waals surface area contributed by atoms with Gasteiger partial charge in [0.25, 0.3) is 0 Å². The molecule has 2 unspecified atom stereocenters. The van der Waals surface area contributed by atoms with Gasteiger partial charge in [-0.2, -0.15) is 0 Å². The fourth-order valence-corrected chi connectivity index (χ4v) is 4.36. The molecule has 2 aliphatic rings. The van der Waals surface area contributed by atoms with Crippen molar-refractivity contribution in [3.8, 4) is 0 Å². The van der Waals surface area contributed by atoms with Crippen molar-refractivity contribution >= 4 is 69.6 Å². The Morgan fingerprint density at radius 1 is 1.29 bits per heavy atom. The van der Waals surface area contributed by atoms with Crippen LogP contribution in [0.4, 0.5) is 0 Å². The highest BCUT2D eigenvalue weighted by atomic mass is 35.5. The molecule has 0 aromatic carbocycles. The summed E-state index contributed by atoms with van der Waals surface area (Å²) in [6, 6.07) is 0. The second kappa shape index (κ2) is 3.38. The number of halogens is 6. The van der Waals surface area contributed by atoms with E-state index >= 15 is 0 Å². The molecule has 1 nitrogen and oxygen atoms in total. The molecule has 2 heterocycles. The van der Waals surface area contributed by atoms with E-state index in [0.717, 1.165) is 0 Å². The maximum Gasteiger partial charge on any atom is 0.216 e. The molecule has 0 radical (unpaired) electrons. The van der Waals surface area contributed by atoms with Gasteiger partial charge in [-0.3, -0.25) is 0 Å². The molecule has 1 fully saturated rings. The summed E-state index contributed by atoms with van der Waals surface area (Å²) in [5.41, 5.74) is 0. The van der Waals surface area contributed by atoms with Gasteiger partial charge in [-0.05, 0) is 0 Å². The van der Waals surface area contributed by atoms with Gasteiger partial charge >= 0.3 is 0 Å². The molecule has 2 atom stereocenters. The van der Waals surface area contributed by atoms with Gasteiger partial charge in [-0.1, -0.05) is 46.4 Å². The van der Waals surface area contributed by atoms with E-state index in [1.165, 1.54) is 0 Å². The molecule has 14 heavy (non-hydrogen) atoms. The zero-order valence-corrected chi connectivity index (χ0v) is 11.2. The molecule has 0 N–H and O–H groups in total. The summed E-state index contributed by atoms with van der Waals surface area (Å²) in [4.78, 5) is 0.483. The lowest BCUT2D eigenvalue weighted by atomic mass is 9.96. The minimum atomic E-state index is -1.30. The number of fused-ring (bicyclic) bond motifs is 2. The van der Waals surface area contributed by atoms with E-state index < -0.39 is 9.33 Å². The molecular weight excluding hydrogens is 311 g/mol. The van der Waals surface area contributed by atoms with Crippen LogP contribution < -0.4 is 0 Å². The van der Waals surface area contributed by atoms with Gasteiger partial charge in [-0.25, -0.2) is 0 Å². The number of nitrogens with zero attached hydrogens (tertiary/aromatic N) is 1. The SMILES string of the molecule is ClCC1CN2C(Cl)=C(Cl)C1(Cl)C2(Cl)Cl. The summed E-state index contributed by atoms with van der Waals surface area (Å²) in [5, 5.41) is 0.593. The van der Waals surface area contributed by atoms with Crippen molar-refractivity contribution in [2.75, 3.05) is 12.4 Å². The van der Waals surface area contributed by atoms with Gasteiger partial charge in [0.1, 0.15) is 10.0 Å². The van der Waals surface area contributed by atoms with Crippen molar-refractivity contribution in [1.82, 2.24) is 4.90 Å². The summed E-state index contributed by atoms with van der Waals surface area (Å²) in [7, 11) is 0. The first-order valence-electron chi connectivity index (χ1n) is 3.83. The van der Waals surface area contributed by atoms with E-state index in [2.05, 4.69) is 0 Å². The minimum Gasteiger partial charge on any atom is -0.328 e. The Morgan fingerprint density at radius 2 is 1.86 bits per heavy atom. The lowest BCUT2D eigenvalue weighted by Crippen LogP contribution is -2.42. The molecular formula is C7H5Cl6N. The Morgan fingerprint density at radius 3 is 2.21 bits per heavy atom. The maximum absolute atomic E-state index is 6.34. The predicted molar refractivity (Wildman–Crippen MR) is 62.7 cm³/mol. The summed E-state index contributed by atoms with van der Waals surface area (Å²) < 4.78 is -1.30. The Labute approximate surface area is 112 Å². The Balaban J connectivity index is 2.54. The summed E-state index contributed by atoms with van der Waals surface area (Å²) in [5.74, 6) is 0.234. The summed E-state index contributed by atoms with van der Waals surface area (Å²) >= 11 is 36.3. The number of hydrogen-bond acceptors (Lipinski definition) is 1. The molecule has 0 aliphatic carbocycles. The molecule has 0 saturated carbocycles. The summed E-state index contributed by atoms with van der Waals surface area (Å²) in [6.07, 6.45) is 0. The normalized spacial score (nSPS) is 39.9. The van der Waals surface area contributed by atoms with Gasteiger partial charge in [0, 0.05) is 18.3 Å². The third-order valence-corrected chi connectivity index (χ3v) is 6.07. The van der Waals surface area contributed by atoms with E-state index in [1.54, 1.807) is 4.90 Å². The number of hydrogen-bond donors (Lipinski definition) is 0. The van der Waals surface area contributed by atoms with Crippen LogP contribution in [-0.2, 0) is 0 Å². The van der Waals surface area contributed by atoms with Gasteiger partial charge in [-0.15, -0.1) is 23.2 Å². The van der Waals surface area contributed by atoms with Crippen LogP contribution in [0.2, 0.25) is 0 Å². The average Bonchev–Trinajstić information content (AvgIpc) is 2.39. The third kappa shape index (κ3) is 1.12. The monoisotopic (exact) mass is 313 g/mol. The quantitative estimate of drug-likeness (QED) is 0.523. The Hall–Kier alpha value is 1.28. The van der Waals surface area contributed by atoms with E-state index in [1.807, 2.05) is 0 Å². The van der Waals surface area contributed by atoms with Crippen molar-refractivity contribution < 1.29 is 0 Å². The maximum atomic E-state index is 6.34. The zero-order valence-electron chi connectivity index (χ0n) is 6.71. The van der Waals surface area contributed by atoms with Crippen molar-refractivity contribution in [2.45, 2.75) is 9.33 Å². The molecule has 2 rings (SSSR count). The van der Waals surface area contributed by atoms with Crippen molar-refractivity contribution in [3.05, 3.63) is 10.2 Å². The zero-order chi connectivity index (χ0) is 10.7. The van der Waals surface area contributed by atoms with Crippen molar-refractivity contribution in [3.63, 3.8) is 0 Å². The van der Waals surface area contributed by atoms with Crippen LogP contribution in [0.5, 0.6) is 0 Å². The van der Waals surface area contributed by atoms with Crippen LogP contribution in [0.3, 0.4) is 0 Å². The molecule has 2 bridgehead atoms. The molecule has 0 aromatic heterocycles. The van der Waals surface area contributed by atoms with E-state index in [4.69, 9.17) is 69.6 Å². The predicted octanol–water partition coefficient (Wildman–Crippen LogP) is 3.93.